The van der Waals surface area contributed by atoms with Crippen LogP contribution in [-0.4, -0.2) is 36.5 Å². The van der Waals surface area contributed by atoms with Crippen molar-refractivity contribution < 1.29 is 9.53 Å². The average Bonchev–Trinajstić information content (AvgIpc) is 2.61. The lowest BCUT2D eigenvalue weighted by Gasteiger charge is -2.34. The summed E-state index contributed by atoms with van der Waals surface area (Å²) in [6, 6.07) is 17.7. The molecule has 0 bridgehead atoms. The molecule has 1 unspecified atom stereocenters. The lowest BCUT2D eigenvalue weighted by molar-refractivity contribution is 0.0655. The molecule has 1 saturated heterocycles. The van der Waals surface area contributed by atoms with Gasteiger partial charge in [-0.3, -0.25) is 4.79 Å². The van der Waals surface area contributed by atoms with E-state index in [1.165, 1.54) is 0 Å². The summed E-state index contributed by atoms with van der Waals surface area (Å²) < 4.78 is 5.72. The topological polar surface area (TPSA) is 41.6 Å². The predicted molar refractivity (Wildman–Crippen MR) is 90.6 cm³/mol. The molecule has 1 fully saturated rings. The quantitative estimate of drug-likeness (QED) is 0.944. The van der Waals surface area contributed by atoms with Gasteiger partial charge in [0.1, 0.15) is 12.4 Å². The van der Waals surface area contributed by atoms with Gasteiger partial charge in [0.2, 0.25) is 0 Å². The number of benzene rings is 2. The van der Waals surface area contributed by atoms with Gasteiger partial charge in [0.15, 0.2) is 0 Å². The molecule has 2 aromatic carbocycles. The molecule has 0 saturated carbocycles. The Kier molecular flexibility index (Phi) is 4.93. The molecular weight excluding hydrogens is 288 g/mol. The van der Waals surface area contributed by atoms with E-state index in [4.69, 9.17) is 4.74 Å². The maximum Gasteiger partial charge on any atom is 0.254 e. The minimum atomic E-state index is 0.106. The van der Waals surface area contributed by atoms with E-state index >= 15 is 0 Å². The minimum Gasteiger partial charge on any atom is -0.489 e. The van der Waals surface area contributed by atoms with Crippen molar-refractivity contribution >= 4 is 5.91 Å². The van der Waals surface area contributed by atoms with Crippen molar-refractivity contribution in [3.05, 3.63) is 65.7 Å². The van der Waals surface area contributed by atoms with E-state index in [1.54, 1.807) is 0 Å². The largest absolute Gasteiger partial charge is 0.489 e. The highest BCUT2D eigenvalue weighted by atomic mass is 16.5. The van der Waals surface area contributed by atoms with Crippen LogP contribution in [0, 0.1) is 0 Å². The van der Waals surface area contributed by atoms with Gasteiger partial charge in [-0.05, 0) is 36.8 Å². The first-order valence-corrected chi connectivity index (χ1v) is 8.02. The van der Waals surface area contributed by atoms with E-state index < -0.39 is 0 Å². The Hall–Kier alpha value is -2.33. The van der Waals surface area contributed by atoms with E-state index in [2.05, 4.69) is 12.2 Å². The summed E-state index contributed by atoms with van der Waals surface area (Å²) in [6.07, 6.45) is 0. The van der Waals surface area contributed by atoms with Gasteiger partial charge >= 0.3 is 0 Å². The predicted octanol–water partition coefficient (Wildman–Crippen LogP) is 2.70. The number of carbonyl (C=O) groups is 1. The van der Waals surface area contributed by atoms with Crippen LogP contribution in [0.3, 0.4) is 0 Å². The monoisotopic (exact) mass is 310 g/mol. The lowest BCUT2D eigenvalue weighted by Crippen LogP contribution is -2.52. The van der Waals surface area contributed by atoms with E-state index in [0.29, 0.717) is 6.61 Å². The van der Waals surface area contributed by atoms with Crippen LogP contribution >= 0.6 is 0 Å². The van der Waals surface area contributed by atoms with Gasteiger partial charge in [-0.2, -0.15) is 0 Å². The number of para-hydroxylation sites is 1. The molecule has 2 aromatic rings. The molecule has 1 aliphatic heterocycles. The summed E-state index contributed by atoms with van der Waals surface area (Å²) >= 11 is 0. The maximum atomic E-state index is 12.6. The highest BCUT2D eigenvalue weighted by Crippen LogP contribution is 2.14. The second-order valence-electron chi connectivity index (χ2n) is 5.85. The molecule has 0 spiro atoms. The van der Waals surface area contributed by atoms with Crippen LogP contribution in [0.25, 0.3) is 0 Å². The van der Waals surface area contributed by atoms with Crippen molar-refractivity contribution in [3.63, 3.8) is 0 Å². The van der Waals surface area contributed by atoms with Gasteiger partial charge in [-0.25, -0.2) is 0 Å². The summed E-state index contributed by atoms with van der Waals surface area (Å²) in [5.41, 5.74) is 1.79. The number of nitrogens with zero attached hydrogens (tertiary/aromatic N) is 1. The molecule has 4 nitrogen and oxygen atoms in total. The third-order valence-electron chi connectivity index (χ3n) is 4.11. The second-order valence-corrected chi connectivity index (χ2v) is 5.85. The number of amides is 1. The summed E-state index contributed by atoms with van der Waals surface area (Å²) in [7, 11) is 0. The molecule has 3 rings (SSSR count). The van der Waals surface area contributed by atoms with Gasteiger partial charge in [0.05, 0.1) is 0 Å². The van der Waals surface area contributed by atoms with Crippen LogP contribution in [0.2, 0.25) is 0 Å². The molecule has 1 N–H and O–H groups in total. The van der Waals surface area contributed by atoms with Crippen molar-refractivity contribution in [2.45, 2.75) is 19.6 Å². The molecule has 0 radical (unpaired) electrons. The maximum absolute atomic E-state index is 12.6. The fraction of sp³-hybridized carbons (Fsp3) is 0.316. The van der Waals surface area contributed by atoms with Crippen molar-refractivity contribution in [1.29, 1.82) is 0 Å². The third-order valence-corrected chi connectivity index (χ3v) is 4.11. The third kappa shape index (κ3) is 3.90. The molecule has 1 aliphatic rings. The number of hydrogen-bond donors (Lipinski definition) is 1. The second kappa shape index (κ2) is 7.29. The van der Waals surface area contributed by atoms with Crippen molar-refractivity contribution in [1.82, 2.24) is 10.2 Å². The van der Waals surface area contributed by atoms with Crippen molar-refractivity contribution in [3.8, 4) is 5.75 Å². The minimum absolute atomic E-state index is 0.106. The molecule has 120 valence electrons. The average molecular weight is 310 g/mol. The summed E-state index contributed by atoms with van der Waals surface area (Å²) in [5.74, 6) is 0.955. The zero-order valence-electron chi connectivity index (χ0n) is 13.4. The number of rotatable bonds is 4. The molecule has 1 heterocycles. The van der Waals surface area contributed by atoms with Gasteiger partial charge in [-0.15, -0.1) is 0 Å². The van der Waals surface area contributed by atoms with E-state index in [-0.39, 0.29) is 11.9 Å². The zero-order valence-corrected chi connectivity index (χ0v) is 13.4. The van der Waals surface area contributed by atoms with Crippen molar-refractivity contribution in [2.24, 2.45) is 0 Å². The molecule has 1 atom stereocenters. The molecule has 23 heavy (non-hydrogen) atoms. The fourth-order valence-corrected chi connectivity index (χ4v) is 2.74. The highest BCUT2D eigenvalue weighted by molar-refractivity contribution is 5.94. The Morgan fingerprint density at radius 1 is 1.17 bits per heavy atom. The van der Waals surface area contributed by atoms with Crippen LogP contribution in [0.4, 0.5) is 0 Å². The first-order chi connectivity index (χ1) is 11.2. The van der Waals surface area contributed by atoms with E-state index in [9.17, 15) is 4.79 Å². The number of piperazine rings is 1. The highest BCUT2D eigenvalue weighted by Gasteiger charge is 2.23. The van der Waals surface area contributed by atoms with E-state index in [0.717, 1.165) is 36.5 Å². The van der Waals surface area contributed by atoms with Gasteiger partial charge < -0.3 is 15.0 Å². The molecule has 0 aliphatic carbocycles. The SMILES string of the molecule is CC1CNCCN1C(=O)c1ccc(COc2ccccc2)cc1. The van der Waals surface area contributed by atoms with Crippen LogP contribution in [-0.2, 0) is 6.61 Å². The first-order valence-electron chi connectivity index (χ1n) is 8.02. The van der Waals surface area contributed by atoms with Crippen LogP contribution < -0.4 is 10.1 Å². The number of carbonyl (C=O) groups excluding carboxylic acids is 1. The lowest BCUT2D eigenvalue weighted by atomic mass is 10.1. The zero-order chi connectivity index (χ0) is 16.1. The smallest absolute Gasteiger partial charge is 0.254 e. The summed E-state index contributed by atoms with van der Waals surface area (Å²) in [4.78, 5) is 14.5. The molecule has 0 aromatic heterocycles. The van der Waals surface area contributed by atoms with Gasteiger partial charge in [-0.1, -0.05) is 30.3 Å². The Labute approximate surface area is 137 Å². The Morgan fingerprint density at radius 2 is 1.91 bits per heavy atom. The van der Waals surface area contributed by atoms with E-state index in [1.807, 2.05) is 59.5 Å². The Balaban J connectivity index is 1.61. The van der Waals surface area contributed by atoms with Gasteiger partial charge in [0.25, 0.3) is 5.91 Å². The summed E-state index contributed by atoms with van der Waals surface area (Å²) in [6.45, 7) is 5.06. The van der Waals surface area contributed by atoms with Gasteiger partial charge in [0, 0.05) is 31.2 Å². The Bertz CT molecular complexity index is 640. The Morgan fingerprint density at radius 3 is 2.61 bits per heavy atom. The number of ether oxygens (including phenoxy) is 1. The van der Waals surface area contributed by atoms with Crippen LogP contribution in [0.15, 0.2) is 54.6 Å². The fourth-order valence-electron chi connectivity index (χ4n) is 2.74. The first kappa shape index (κ1) is 15.6. The normalized spacial score (nSPS) is 17.8. The number of hydrogen-bond acceptors (Lipinski definition) is 3. The molecular formula is C19H22N2O2. The van der Waals surface area contributed by atoms with Crippen LogP contribution in [0.5, 0.6) is 5.75 Å². The summed E-state index contributed by atoms with van der Waals surface area (Å²) in [5, 5.41) is 3.30. The number of nitrogens with one attached hydrogen (secondary N) is 1. The standard InChI is InChI=1S/C19H22N2O2/c1-15-13-20-11-12-21(15)19(22)17-9-7-16(8-10-17)14-23-18-5-3-2-4-6-18/h2-10,15,20H,11-14H2,1H3. The molecule has 1 amide bonds. The molecule has 4 heteroatoms. The van der Waals surface area contributed by atoms with Crippen molar-refractivity contribution in [2.75, 3.05) is 19.6 Å². The van der Waals surface area contributed by atoms with Crippen LogP contribution in [0.1, 0.15) is 22.8 Å².